The third-order valence-electron chi connectivity index (χ3n) is 11.2. The number of hydrogen-bond donors (Lipinski definition) is 1. The second-order valence-corrected chi connectivity index (χ2v) is 18.5. The van der Waals surface area contributed by atoms with Gasteiger partial charge in [0.2, 0.25) is 27.7 Å². The molecular formula is C42H57N3O9S. The molecule has 3 fully saturated rings. The summed E-state index contributed by atoms with van der Waals surface area (Å²) in [5.74, 6) is -4.29. The van der Waals surface area contributed by atoms with Crippen LogP contribution in [-0.4, -0.2) is 77.5 Å². The summed E-state index contributed by atoms with van der Waals surface area (Å²) >= 11 is 0. The summed E-state index contributed by atoms with van der Waals surface area (Å²) in [6, 6.07) is 6.06. The van der Waals surface area contributed by atoms with Crippen LogP contribution >= 0.6 is 0 Å². The van der Waals surface area contributed by atoms with Crippen molar-refractivity contribution in [2.75, 3.05) is 6.54 Å². The molecule has 7 atom stereocenters. The average Bonchev–Trinajstić information content (AvgIpc) is 4.07. The zero-order valence-corrected chi connectivity index (χ0v) is 33.0. The van der Waals surface area contributed by atoms with E-state index in [1.165, 1.54) is 4.90 Å². The van der Waals surface area contributed by atoms with Crippen LogP contribution in [-0.2, 0) is 33.9 Å². The minimum absolute atomic E-state index is 0.0121. The van der Waals surface area contributed by atoms with Crippen LogP contribution in [0.5, 0.6) is 11.6 Å². The average molecular weight is 786 g/mol. The van der Waals surface area contributed by atoms with Crippen LogP contribution in [0.2, 0.25) is 0 Å². The van der Waals surface area contributed by atoms with Crippen LogP contribution in [0.15, 0.2) is 42.6 Å². The van der Waals surface area contributed by atoms with E-state index in [1.807, 2.05) is 39.0 Å². The zero-order chi connectivity index (χ0) is 44.9. The summed E-state index contributed by atoms with van der Waals surface area (Å²) in [4.78, 5) is 63.1. The monoisotopic (exact) mass is 785 g/mol. The van der Waals surface area contributed by atoms with E-state index in [9.17, 15) is 22.8 Å². The number of carbonyl (C=O) groups excluding carboxylic acids is 4. The van der Waals surface area contributed by atoms with Gasteiger partial charge >= 0.3 is 5.97 Å². The third-order valence-corrected chi connectivity index (χ3v) is 13.0. The molecule has 3 heterocycles. The van der Waals surface area contributed by atoms with Crippen LogP contribution in [0.25, 0.3) is 10.8 Å². The first-order chi connectivity index (χ1) is 28.3. The van der Waals surface area contributed by atoms with Crippen molar-refractivity contribution in [1.29, 1.82) is 0 Å². The summed E-state index contributed by atoms with van der Waals surface area (Å²) in [6.45, 7) is 1.82. The van der Waals surface area contributed by atoms with Gasteiger partial charge in [-0.3, -0.25) is 23.9 Å². The standard InChI is InChI=1S/C42H57N3O9S/c1-25(2)52-30-12-15-33-28(19-30)16-17-43-38(33)53-31-20-35-36(46)23-42(40(49)44-55(50,51)32-13-14-32)22-29(42)11-9-8-10-26(3)18-27(4)34(39(48)45(35)24-31)21-37(47)54-41(5,6)7/h9,11-12,15-17,19,25-27,29,31-32,34-35H,8,10,13-14,18,20-24H2,1-7H3,(H,44,49)/b11-9-/t26-,27-,29-,31-,34+,35+,42-/m1/s1/i5D3,6D3. The van der Waals surface area contributed by atoms with Crippen molar-refractivity contribution >= 4 is 44.4 Å². The number of rotatable bonds is 9. The van der Waals surface area contributed by atoms with Gasteiger partial charge in [0.05, 0.1) is 41.7 Å². The van der Waals surface area contributed by atoms with Gasteiger partial charge in [0, 0.05) is 32.6 Å². The molecule has 2 saturated carbocycles. The Kier molecular flexibility index (Phi) is 9.57. The van der Waals surface area contributed by atoms with Gasteiger partial charge in [-0.2, -0.15) is 0 Å². The number of nitrogens with one attached hydrogen (secondary N) is 1. The van der Waals surface area contributed by atoms with Gasteiger partial charge in [0.25, 0.3) is 0 Å². The van der Waals surface area contributed by atoms with Crippen LogP contribution in [0.1, 0.15) is 114 Å². The Balaban J connectivity index is 1.36. The third kappa shape index (κ3) is 9.70. The molecular weight excluding hydrogens is 723 g/mol. The van der Waals surface area contributed by atoms with Crippen molar-refractivity contribution in [3.8, 4) is 11.6 Å². The molecule has 0 spiro atoms. The number of aromatic nitrogens is 1. The highest BCUT2D eigenvalue weighted by Crippen LogP contribution is 2.57. The highest BCUT2D eigenvalue weighted by Gasteiger charge is 2.61. The predicted octanol–water partition coefficient (Wildman–Crippen LogP) is 6.30. The molecule has 1 aromatic heterocycles. The maximum atomic E-state index is 15.0. The molecule has 2 aliphatic heterocycles. The maximum absolute atomic E-state index is 15.0. The van der Waals surface area contributed by atoms with Crippen molar-refractivity contribution in [1.82, 2.24) is 14.6 Å². The minimum Gasteiger partial charge on any atom is -0.491 e. The Morgan fingerprint density at radius 1 is 1.13 bits per heavy atom. The fraction of sp³-hybridized carbons (Fsp3) is 0.643. The molecule has 13 heteroatoms. The van der Waals surface area contributed by atoms with E-state index < -0.39 is 99.9 Å². The summed E-state index contributed by atoms with van der Waals surface area (Å²) in [5, 5.41) is 0.754. The predicted molar refractivity (Wildman–Crippen MR) is 208 cm³/mol. The van der Waals surface area contributed by atoms with Gasteiger partial charge in [-0.15, -0.1) is 0 Å². The number of amides is 2. The molecule has 4 aliphatic rings. The number of hydrogen-bond acceptors (Lipinski definition) is 10. The van der Waals surface area contributed by atoms with Crippen LogP contribution < -0.4 is 14.2 Å². The lowest BCUT2D eigenvalue weighted by Crippen LogP contribution is -2.47. The van der Waals surface area contributed by atoms with Crippen molar-refractivity contribution in [2.45, 2.75) is 135 Å². The van der Waals surface area contributed by atoms with E-state index in [-0.39, 0.29) is 43.7 Å². The lowest BCUT2D eigenvalue weighted by molar-refractivity contribution is -0.160. The molecule has 1 N–H and O–H groups in total. The molecule has 2 amide bonds. The van der Waals surface area contributed by atoms with Gasteiger partial charge in [-0.05, 0) is 120 Å². The van der Waals surface area contributed by atoms with Crippen molar-refractivity contribution < 1.29 is 50.0 Å². The molecule has 12 nitrogen and oxygen atoms in total. The van der Waals surface area contributed by atoms with Gasteiger partial charge in [0.1, 0.15) is 17.5 Å². The van der Waals surface area contributed by atoms with E-state index in [0.29, 0.717) is 43.2 Å². The number of Topliss-reactive ketones (excluding diaryl/α,β-unsaturated/α-hetero) is 1. The molecule has 0 unspecified atom stereocenters. The Morgan fingerprint density at radius 3 is 2.60 bits per heavy atom. The van der Waals surface area contributed by atoms with Crippen molar-refractivity contribution in [3.05, 3.63) is 42.6 Å². The molecule has 55 heavy (non-hydrogen) atoms. The Morgan fingerprint density at radius 2 is 1.89 bits per heavy atom. The smallest absolute Gasteiger partial charge is 0.307 e. The van der Waals surface area contributed by atoms with Gasteiger partial charge in [0.15, 0.2) is 5.78 Å². The normalized spacial score (nSPS) is 31.9. The summed E-state index contributed by atoms with van der Waals surface area (Å²) < 4.78 is 93.4. The Hall–Kier alpha value is -4.00. The van der Waals surface area contributed by atoms with Gasteiger partial charge < -0.3 is 19.1 Å². The molecule has 1 aromatic carbocycles. The molecule has 2 aromatic rings. The number of ketones is 1. The highest BCUT2D eigenvalue weighted by molar-refractivity contribution is 7.90. The summed E-state index contributed by atoms with van der Waals surface area (Å²) in [5.41, 5.74) is -4.24. The lowest BCUT2D eigenvalue weighted by atomic mass is 9.82. The Labute approximate surface area is 333 Å². The minimum atomic E-state index is -3.94. The number of carbonyl (C=O) groups is 4. The largest absolute Gasteiger partial charge is 0.491 e. The SMILES string of the molecule is [2H]C([2H])([2H])C(C)(OC(=O)C[C@@H]1C(=O)N2C[C@H](Oc3nccc4cc(OC(C)C)ccc34)C[C@H]2C(=O)C[C@]2(C(=O)NS(=O)(=O)C3CC3)C[C@H]2/C=C\CC[C@@H](C)C[C@H]1C)C([2H])([2H])[2H]. The number of ether oxygens (including phenoxy) is 3. The van der Waals surface area contributed by atoms with E-state index in [4.69, 9.17) is 22.4 Å². The van der Waals surface area contributed by atoms with E-state index in [1.54, 1.807) is 31.3 Å². The first kappa shape index (κ1) is 33.2. The Bertz CT molecular complexity index is 2140. The van der Waals surface area contributed by atoms with E-state index in [2.05, 4.69) is 9.71 Å². The van der Waals surface area contributed by atoms with Crippen molar-refractivity contribution in [3.63, 3.8) is 0 Å². The first-order valence-corrected chi connectivity index (χ1v) is 20.9. The van der Waals surface area contributed by atoms with Crippen molar-refractivity contribution in [2.24, 2.45) is 29.1 Å². The zero-order valence-electron chi connectivity index (χ0n) is 38.2. The van der Waals surface area contributed by atoms with Crippen LogP contribution in [0.3, 0.4) is 0 Å². The molecule has 300 valence electrons. The number of pyridine rings is 1. The van der Waals surface area contributed by atoms with Crippen LogP contribution in [0, 0.1) is 29.1 Å². The number of sulfonamides is 1. The number of fused-ring (bicyclic) bond motifs is 3. The fourth-order valence-corrected chi connectivity index (χ4v) is 9.55. The van der Waals surface area contributed by atoms with Crippen LogP contribution in [0.4, 0.5) is 0 Å². The maximum Gasteiger partial charge on any atom is 0.307 e. The number of nitrogens with zero attached hydrogens (tertiary/aromatic N) is 2. The molecule has 1 saturated heterocycles. The topological polar surface area (TPSA) is 158 Å². The van der Waals surface area contributed by atoms with E-state index in [0.717, 1.165) is 12.3 Å². The number of allylic oxidation sites excluding steroid dienone is 2. The summed E-state index contributed by atoms with van der Waals surface area (Å²) in [7, 11) is -3.94. The first-order valence-electron chi connectivity index (χ1n) is 22.3. The number of benzene rings is 1. The molecule has 2 aliphatic carbocycles. The fourth-order valence-electron chi connectivity index (χ4n) is 8.16. The second kappa shape index (κ2) is 15.9. The van der Waals surface area contributed by atoms with E-state index >= 15 is 4.79 Å². The van der Waals surface area contributed by atoms with Gasteiger partial charge in [-0.1, -0.05) is 26.0 Å². The quantitative estimate of drug-likeness (QED) is 0.226. The second-order valence-electron chi connectivity index (χ2n) is 16.6. The highest BCUT2D eigenvalue weighted by atomic mass is 32.2. The van der Waals surface area contributed by atoms with Gasteiger partial charge in [-0.25, -0.2) is 13.4 Å². The summed E-state index contributed by atoms with van der Waals surface area (Å²) in [6.07, 6.45) is 6.24. The molecule has 0 bridgehead atoms. The lowest BCUT2D eigenvalue weighted by Gasteiger charge is -2.32. The number of esters is 1. The molecule has 6 rings (SSSR count). The molecule has 0 radical (unpaired) electrons.